The summed E-state index contributed by atoms with van der Waals surface area (Å²) >= 11 is 0. The van der Waals surface area contributed by atoms with Crippen LogP contribution < -0.4 is 33.2 Å². The molecule has 0 aliphatic carbocycles. The van der Waals surface area contributed by atoms with Gasteiger partial charge in [-0.2, -0.15) is 0 Å². The lowest BCUT2D eigenvalue weighted by Crippen LogP contribution is -2.58. The van der Waals surface area contributed by atoms with Crippen molar-refractivity contribution in [3.05, 3.63) is 90.1 Å². The molecule has 0 radical (unpaired) electrons. The van der Waals surface area contributed by atoms with Crippen molar-refractivity contribution in [2.24, 2.45) is 22.2 Å². The predicted octanol–water partition coefficient (Wildman–Crippen LogP) is -0.161. The SMILES string of the molecule is NC(N)=NCCCC(NC(=O)C(N)Cc1c[nH]c2ccccc12)C(=O)NC(Cc1cnc[nH]1)C(=O)NC(Cc1ccccc1)C(=O)O. The summed E-state index contributed by atoms with van der Waals surface area (Å²) in [6.07, 6.45) is 5.36. The fraction of sp³-hybridized carbons (Fsp3) is 0.312. The Kier molecular flexibility index (Phi) is 12.0. The number of carboxylic acids is 1. The van der Waals surface area contributed by atoms with Gasteiger partial charge in [-0.05, 0) is 36.5 Å². The van der Waals surface area contributed by atoms with Crippen LogP contribution >= 0.6 is 0 Å². The molecule has 4 rings (SSSR count). The molecule has 2 aromatic carbocycles. The number of aliphatic imine (C=N–C) groups is 1. The lowest BCUT2D eigenvalue weighted by Gasteiger charge is -2.25. The van der Waals surface area contributed by atoms with Gasteiger partial charge in [0.2, 0.25) is 17.7 Å². The molecule has 4 atom stereocenters. The van der Waals surface area contributed by atoms with Crippen molar-refractivity contribution in [1.29, 1.82) is 0 Å². The molecule has 0 saturated carbocycles. The zero-order valence-electron chi connectivity index (χ0n) is 25.7. The highest BCUT2D eigenvalue weighted by molar-refractivity contribution is 5.94. The molecule has 0 aliphatic heterocycles. The minimum atomic E-state index is -1.26. The second-order valence-electron chi connectivity index (χ2n) is 11.1. The van der Waals surface area contributed by atoms with E-state index < -0.39 is 47.9 Å². The number of para-hydroxylation sites is 1. The molecule has 0 fully saturated rings. The Morgan fingerprint density at radius 3 is 2.21 bits per heavy atom. The highest BCUT2D eigenvalue weighted by atomic mass is 16.4. The van der Waals surface area contributed by atoms with E-state index in [1.165, 1.54) is 12.5 Å². The third kappa shape index (κ3) is 10.2. The minimum Gasteiger partial charge on any atom is -0.480 e. The second-order valence-corrected chi connectivity index (χ2v) is 11.1. The largest absolute Gasteiger partial charge is 0.480 e. The highest BCUT2D eigenvalue weighted by Crippen LogP contribution is 2.19. The summed E-state index contributed by atoms with van der Waals surface area (Å²) in [5.41, 5.74) is 20.1. The van der Waals surface area contributed by atoms with Crippen LogP contribution in [0.3, 0.4) is 0 Å². The normalized spacial score (nSPS) is 13.6. The number of fused-ring (bicyclic) bond motifs is 1. The van der Waals surface area contributed by atoms with Crippen molar-refractivity contribution in [3.8, 4) is 0 Å². The van der Waals surface area contributed by atoms with E-state index in [0.29, 0.717) is 17.7 Å². The van der Waals surface area contributed by atoms with E-state index in [2.05, 4.69) is 35.9 Å². The van der Waals surface area contributed by atoms with E-state index in [0.717, 1.165) is 16.5 Å². The zero-order chi connectivity index (χ0) is 33.8. The van der Waals surface area contributed by atoms with Crippen LogP contribution in [0.5, 0.6) is 0 Å². The van der Waals surface area contributed by atoms with E-state index in [-0.39, 0.29) is 38.2 Å². The Morgan fingerprint density at radius 1 is 0.830 bits per heavy atom. The number of aliphatic carboxylic acids is 1. The van der Waals surface area contributed by atoms with Gasteiger partial charge in [0.05, 0.1) is 12.4 Å². The van der Waals surface area contributed by atoms with E-state index in [9.17, 15) is 24.3 Å². The number of rotatable bonds is 17. The number of nitrogens with one attached hydrogen (secondary N) is 5. The van der Waals surface area contributed by atoms with E-state index in [1.54, 1.807) is 36.5 Å². The average molecular weight is 645 g/mol. The smallest absolute Gasteiger partial charge is 0.326 e. The maximum Gasteiger partial charge on any atom is 0.326 e. The predicted molar refractivity (Wildman–Crippen MR) is 176 cm³/mol. The first-order chi connectivity index (χ1) is 22.6. The molecule has 15 nitrogen and oxygen atoms in total. The van der Waals surface area contributed by atoms with Crippen LogP contribution in [0.15, 0.2) is 78.3 Å². The van der Waals surface area contributed by atoms with Gasteiger partial charge in [-0.25, -0.2) is 9.78 Å². The number of guanidine groups is 1. The van der Waals surface area contributed by atoms with Gasteiger partial charge in [0.1, 0.15) is 18.1 Å². The molecule has 0 saturated heterocycles. The molecule has 248 valence electrons. The molecule has 2 aromatic heterocycles. The van der Waals surface area contributed by atoms with Gasteiger partial charge in [0, 0.05) is 48.4 Å². The van der Waals surface area contributed by atoms with E-state index in [1.807, 2.05) is 24.3 Å². The van der Waals surface area contributed by atoms with Gasteiger partial charge in [-0.1, -0.05) is 48.5 Å². The number of aromatic amines is 2. The van der Waals surface area contributed by atoms with Crippen LogP contribution in [0, 0.1) is 0 Å². The monoisotopic (exact) mass is 644 g/mol. The Hall–Kier alpha value is -5.70. The number of hydrogen-bond acceptors (Lipinski definition) is 7. The van der Waals surface area contributed by atoms with Crippen LogP contribution in [-0.4, -0.2) is 80.4 Å². The summed E-state index contributed by atoms with van der Waals surface area (Å²) in [6.45, 7) is 0.196. The zero-order valence-corrected chi connectivity index (χ0v) is 25.7. The first-order valence-electron chi connectivity index (χ1n) is 15.1. The summed E-state index contributed by atoms with van der Waals surface area (Å²) in [5, 5.41) is 18.7. The third-order valence-corrected chi connectivity index (χ3v) is 7.54. The molecule has 4 aromatic rings. The van der Waals surface area contributed by atoms with Crippen molar-refractivity contribution in [3.63, 3.8) is 0 Å². The number of aromatic nitrogens is 3. The number of amides is 3. The molecular weight excluding hydrogens is 604 g/mol. The number of nitrogens with zero attached hydrogens (tertiary/aromatic N) is 2. The van der Waals surface area contributed by atoms with Crippen molar-refractivity contribution in [2.45, 2.75) is 56.3 Å². The minimum absolute atomic E-state index is 0.0238. The maximum atomic E-state index is 13.7. The van der Waals surface area contributed by atoms with Crippen molar-refractivity contribution >= 4 is 40.6 Å². The molecule has 2 heterocycles. The van der Waals surface area contributed by atoms with Crippen LogP contribution in [0.25, 0.3) is 10.9 Å². The summed E-state index contributed by atoms with van der Waals surface area (Å²) in [5.74, 6) is -3.31. The van der Waals surface area contributed by atoms with E-state index in [4.69, 9.17) is 17.2 Å². The standard InChI is InChI=1S/C32H40N10O5/c33-23(14-20-16-38-24-10-5-4-9-22(20)24)28(43)40-25(11-6-12-37-32(34)35)29(44)41-26(15-21-17-36-18-39-21)30(45)42-27(31(46)47)13-19-7-2-1-3-8-19/h1-5,7-10,16-18,23,25-27,38H,6,11-15,33H2,(H,36,39)(H,40,43)(H,41,44)(H,42,45)(H,46,47)(H4,34,35,37). The Morgan fingerprint density at radius 2 is 1.51 bits per heavy atom. The fourth-order valence-corrected chi connectivity index (χ4v) is 5.10. The molecule has 47 heavy (non-hydrogen) atoms. The van der Waals surface area contributed by atoms with Gasteiger partial charge in [0.15, 0.2) is 5.96 Å². The van der Waals surface area contributed by atoms with Gasteiger partial charge < -0.3 is 48.2 Å². The number of carbonyl (C=O) groups is 4. The molecule has 0 spiro atoms. The number of benzene rings is 2. The first kappa shape index (κ1) is 34.2. The van der Waals surface area contributed by atoms with E-state index >= 15 is 0 Å². The number of H-pyrrole nitrogens is 2. The quantitative estimate of drug-likeness (QED) is 0.0419. The van der Waals surface area contributed by atoms with Crippen LogP contribution in [0.2, 0.25) is 0 Å². The summed E-state index contributed by atoms with van der Waals surface area (Å²) in [4.78, 5) is 66.5. The molecule has 3 amide bonds. The second kappa shape index (κ2) is 16.6. The molecule has 12 N–H and O–H groups in total. The van der Waals surface area contributed by atoms with Crippen LogP contribution in [-0.2, 0) is 38.4 Å². The van der Waals surface area contributed by atoms with Gasteiger partial charge in [0.25, 0.3) is 0 Å². The number of nitrogens with two attached hydrogens (primary N) is 3. The Labute approximate surface area is 270 Å². The molecular formula is C32H40N10O5. The first-order valence-corrected chi connectivity index (χ1v) is 15.1. The highest BCUT2D eigenvalue weighted by Gasteiger charge is 2.31. The topological polar surface area (TPSA) is 259 Å². The summed E-state index contributed by atoms with van der Waals surface area (Å²) in [7, 11) is 0. The van der Waals surface area contributed by atoms with Gasteiger partial charge >= 0.3 is 5.97 Å². The fourth-order valence-electron chi connectivity index (χ4n) is 5.10. The third-order valence-electron chi connectivity index (χ3n) is 7.54. The van der Waals surface area contributed by atoms with Crippen molar-refractivity contribution < 1.29 is 24.3 Å². The van der Waals surface area contributed by atoms with Crippen molar-refractivity contribution in [2.75, 3.05) is 6.54 Å². The van der Waals surface area contributed by atoms with Gasteiger partial charge in [-0.3, -0.25) is 19.4 Å². The lowest BCUT2D eigenvalue weighted by molar-refractivity contribution is -0.142. The summed E-state index contributed by atoms with van der Waals surface area (Å²) in [6, 6.07) is 11.9. The maximum absolute atomic E-state index is 13.7. The Balaban J connectivity index is 1.49. The van der Waals surface area contributed by atoms with Crippen molar-refractivity contribution in [1.82, 2.24) is 30.9 Å². The lowest BCUT2D eigenvalue weighted by atomic mass is 10.0. The number of carbonyl (C=O) groups excluding carboxylic acids is 3. The van der Waals surface area contributed by atoms with Gasteiger partial charge in [-0.15, -0.1) is 0 Å². The Bertz CT molecular complexity index is 1670. The van der Waals surface area contributed by atoms with Crippen LogP contribution in [0.1, 0.15) is 29.7 Å². The molecule has 0 bridgehead atoms. The number of carboxylic acid groups (broad SMARTS) is 1. The molecule has 4 unspecified atom stereocenters. The molecule has 15 heteroatoms. The number of imidazole rings is 1. The average Bonchev–Trinajstić information content (AvgIpc) is 3.72. The molecule has 0 aliphatic rings. The number of hydrogen-bond donors (Lipinski definition) is 9. The van der Waals surface area contributed by atoms with Crippen LogP contribution in [0.4, 0.5) is 0 Å². The summed E-state index contributed by atoms with van der Waals surface area (Å²) < 4.78 is 0.